The van der Waals surface area contributed by atoms with Crippen LogP contribution in [0.15, 0.2) is 12.1 Å². The summed E-state index contributed by atoms with van der Waals surface area (Å²) >= 11 is 0. The van der Waals surface area contributed by atoms with Gasteiger partial charge in [-0.25, -0.2) is 4.98 Å². The third-order valence-corrected chi connectivity index (χ3v) is 3.71. The molecule has 1 aromatic rings. The van der Waals surface area contributed by atoms with E-state index in [1.807, 2.05) is 20.0 Å². The Bertz CT molecular complexity index is 453. The van der Waals surface area contributed by atoms with Gasteiger partial charge in [0.25, 0.3) is 5.91 Å². The number of nitrogens with zero attached hydrogens (tertiary/aromatic N) is 2. The molecule has 0 radical (unpaired) electrons. The van der Waals surface area contributed by atoms with Crippen molar-refractivity contribution in [3.05, 3.63) is 23.4 Å². The third-order valence-electron chi connectivity index (χ3n) is 3.71. The molecule has 3 N–H and O–H groups in total. The maximum atomic E-state index is 11.5. The molecule has 0 saturated carbocycles. The zero-order valence-electron chi connectivity index (χ0n) is 11.6. The number of nitrogens with one attached hydrogen (secondary N) is 1. The van der Waals surface area contributed by atoms with Gasteiger partial charge >= 0.3 is 0 Å². The molecule has 2 heterocycles. The fraction of sp³-hybridized carbons (Fsp3) is 0.571. The van der Waals surface area contributed by atoms with E-state index in [1.54, 1.807) is 6.07 Å². The maximum absolute atomic E-state index is 11.5. The summed E-state index contributed by atoms with van der Waals surface area (Å²) in [6, 6.07) is 4.00. The molecule has 0 spiro atoms. The van der Waals surface area contributed by atoms with Crippen molar-refractivity contribution in [2.45, 2.75) is 32.2 Å². The summed E-state index contributed by atoms with van der Waals surface area (Å²) in [5.74, 6) is 0.292. The molecule has 1 aliphatic heterocycles. The number of pyridine rings is 1. The largest absolute Gasteiger partial charge is 0.365 e. The minimum absolute atomic E-state index is 0.405. The lowest BCUT2D eigenvalue weighted by Gasteiger charge is -2.29. The van der Waals surface area contributed by atoms with Crippen LogP contribution >= 0.6 is 0 Å². The van der Waals surface area contributed by atoms with E-state index >= 15 is 0 Å². The fourth-order valence-electron chi connectivity index (χ4n) is 2.57. The van der Waals surface area contributed by atoms with Gasteiger partial charge in [0.1, 0.15) is 5.82 Å². The van der Waals surface area contributed by atoms with E-state index in [0.717, 1.165) is 38.0 Å². The first-order valence-corrected chi connectivity index (χ1v) is 6.80. The molecule has 1 aliphatic rings. The zero-order chi connectivity index (χ0) is 13.8. The number of rotatable bonds is 3. The van der Waals surface area contributed by atoms with Crippen molar-refractivity contribution in [2.24, 2.45) is 5.73 Å². The van der Waals surface area contributed by atoms with Crippen LogP contribution in [0.1, 0.15) is 35.3 Å². The first-order chi connectivity index (χ1) is 9.09. The lowest BCUT2D eigenvalue weighted by Crippen LogP contribution is -2.35. The van der Waals surface area contributed by atoms with E-state index in [9.17, 15) is 4.79 Å². The Morgan fingerprint density at radius 3 is 2.95 bits per heavy atom. The molecule has 1 amide bonds. The number of amides is 1. The first-order valence-electron chi connectivity index (χ1n) is 6.80. The predicted octanol–water partition coefficient (Wildman–Crippen LogP) is 1.07. The number of hydrogen-bond acceptors (Lipinski definition) is 4. The van der Waals surface area contributed by atoms with E-state index in [2.05, 4.69) is 15.2 Å². The van der Waals surface area contributed by atoms with E-state index in [4.69, 9.17) is 5.73 Å². The van der Waals surface area contributed by atoms with Crippen LogP contribution in [0.2, 0.25) is 0 Å². The lowest BCUT2D eigenvalue weighted by molar-refractivity contribution is 0.100. The Kier molecular flexibility index (Phi) is 4.37. The Balaban J connectivity index is 2.28. The lowest BCUT2D eigenvalue weighted by atomic mass is 10.1. The minimum Gasteiger partial charge on any atom is -0.365 e. The van der Waals surface area contributed by atoms with Crippen molar-refractivity contribution in [3.8, 4) is 0 Å². The van der Waals surface area contributed by atoms with Crippen molar-refractivity contribution >= 4 is 11.7 Å². The Morgan fingerprint density at radius 1 is 1.42 bits per heavy atom. The van der Waals surface area contributed by atoms with Gasteiger partial charge in [-0.2, -0.15) is 0 Å². The highest BCUT2D eigenvalue weighted by atomic mass is 16.1. The highest BCUT2D eigenvalue weighted by Gasteiger charge is 2.21. The molecule has 5 heteroatoms. The van der Waals surface area contributed by atoms with Crippen LogP contribution in [-0.2, 0) is 0 Å². The highest BCUT2D eigenvalue weighted by molar-refractivity contribution is 5.97. The Morgan fingerprint density at radius 2 is 2.21 bits per heavy atom. The van der Waals surface area contributed by atoms with Gasteiger partial charge in [0.05, 0.1) is 5.56 Å². The number of nitrogens with two attached hydrogens (primary N) is 1. The summed E-state index contributed by atoms with van der Waals surface area (Å²) in [6.45, 7) is 4.00. The number of anilines is 1. The summed E-state index contributed by atoms with van der Waals surface area (Å²) in [4.78, 5) is 18.1. The molecule has 0 bridgehead atoms. The molecule has 0 aromatic carbocycles. The molecule has 104 valence electrons. The van der Waals surface area contributed by atoms with Gasteiger partial charge in [0.15, 0.2) is 0 Å². The third kappa shape index (κ3) is 3.23. The summed E-state index contributed by atoms with van der Waals surface area (Å²) < 4.78 is 0. The average Bonchev–Trinajstić information content (AvgIpc) is 2.66. The van der Waals surface area contributed by atoms with Crippen LogP contribution < -0.4 is 16.0 Å². The van der Waals surface area contributed by atoms with E-state index < -0.39 is 5.91 Å². The van der Waals surface area contributed by atoms with Crippen molar-refractivity contribution in [3.63, 3.8) is 0 Å². The topological polar surface area (TPSA) is 71.2 Å². The van der Waals surface area contributed by atoms with Crippen LogP contribution in [-0.4, -0.2) is 37.1 Å². The van der Waals surface area contributed by atoms with Crippen LogP contribution in [0.5, 0.6) is 0 Å². The van der Waals surface area contributed by atoms with Gasteiger partial charge in [-0.1, -0.05) is 0 Å². The molecule has 0 aliphatic carbocycles. The standard InChI is InChI=1S/C14H22N4O/c1-10-5-6-12(13(15)19)14(17-10)18(2)11-4-3-8-16-9-7-11/h5-6,11,16H,3-4,7-9H2,1-2H3,(H2,15,19). The Labute approximate surface area is 114 Å². The van der Waals surface area contributed by atoms with Gasteiger partial charge < -0.3 is 16.0 Å². The SMILES string of the molecule is Cc1ccc(C(N)=O)c(N(C)C2CCCNCC2)n1. The maximum Gasteiger partial charge on any atom is 0.252 e. The van der Waals surface area contributed by atoms with Crippen molar-refractivity contribution in [1.29, 1.82) is 0 Å². The summed E-state index contributed by atoms with van der Waals surface area (Å²) in [5.41, 5.74) is 6.85. The second-order valence-electron chi connectivity index (χ2n) is 5.13. The van der Waals surface area contributed by atoms with Gasteiger partial charge in [-0.3, -0.25) is 4.79 Å². The summed E-state index contributed by atoms with van der Waals surface area (Å²) in [7, 11) is 2.00. The summed E-state index contributed by atoms with van der Waals surface area (Å²) in [5, 5.41) is 3.39. The van der Waals surface area contributed by atoms with E-state index in [0.29, 0.717) is 17.4 Å². The van der Waals surface area contributed by atoms with Crippen molar-refractivity contribution in [1.82, 2.24) is 10.3 Å². The van der Waals surface area contributed by atoms with Gasteiger partial charge in [0.2, 0.25) is 0 Å². The van der Waals surface area contributed by atoms with Crippen LogP contribution in [0.25, 0.3) is 0 Å². The van der Waals surface area contributed by atoms with E-state index in [1.165, 1.54) is 0 Å². The monoisotopic (exact) mass is 262 g/mol. The molecule has 1 aromatic heterocycles. The number of carbonyl (C=O) groups is 1. The molecule has 1 saturated heterocycles. The molecule has 2 rings (SSSR count). The molecule has 19 heavy (non-hydrogen) atoms. The summed E-state index contributed by atoms with van der Waals surface area (Å²) in [6.07, 6.45) is 3.31. The minimum atomic E-state index is -0.416. The average molecular weight is 262 g/mol. The van der Waals surface area contributed by atoms with Crippen molar-refractivity contribution in [2.75, 3.05) is 25.0 Å². The number of aromatic nitrogens is 1. The van der Waals surface area contributed by atoms with Crippen LogP contribution in [0.4, 0.5) is 5.82 Å². The number of aryl methyl sites for hydroxylation is 1. The smallest absolute Gasteiger partial charge is 0.252 e. The van der Waals surface area contributed by atoms with Crippen LogP contribution in [0, 0.1) is 6.92 Å². The van der Waals surface area contributed by atoms with Crippen molar-refractivity contribution < 1.29 is 4.79 Å². The number of carbonyl (C=O) groups excluding carboxylic acids is 1. The van der Waals surface area contributed by atoms with Gasteiger partial charge in [0, 0.05) is 18.8 Å². The molecule has 1 fully saturated rings. The normalized spacial score (nSPS) is 19.8. The molecular formula is C14H22N4O. The number of hydrogen-bond donors (Lipinski definition) is 2. The van der Waals surface area contributed by atoms with Crippen LogP contribution in [0.3, 0.4) is 0 Å². The molecular weight excluding hydrogens is 240 g/mol. The highest BCUT2D eigenvalue weighted by Crippen LogP contribution is 2.23. The van der Waals surface area contributed by atoms with Gasteiger partial charge in [-0.15, -0.1) is 0 Å². The van der Waals surface area contributed by atoms with Gasteiger partial charge in [-0.05, 0) is 51.4 Å². The quantitative estimate of drug-likeness (QED) is 0.854. The zero-order valence-corrected chi connectivity index (χ0v) is 11.6. The molecule has 1 unspecified atom stereocenters. The molecule has 5 nitrogen and oxygen atoms in total. The second kappa shape index (κ2) is 6.02. The molecule has 1 atom stereocenters. The number of primary amides is 1. The predicted molar refractivity (Wildman–Crippen MR) is 76.4 cm³/mol. The Hall–Kier alpha value is -1.62. The fourth-order valence-corrected chi connectivity index (χ4v) is 2.57. The van der Waals surface area contributed by atoms with E-state index in [-0.39, 0.29) is 0 Å². The first kappa shape index (κ1) is 13.8. The second-order valence-corrected chi connectivity index (χ2v) is 5.13.